The van der Waals surface area contributed by atoms with Crippen LogP contribution in [0.3, 0.4) is 0 Å². The molecule has 0 spiro atoms. The largest absolute Gasteiger partial charge is 0.493 e. The normalized spacial score (nSPS) is 16.1. The predicted octanol–water partition coefficient (Wildman–Crippen LogP) is 4.26. The molecule has 5 heteroatoms. The average molecular weight is 378 g/mol. The number of rotatable bonds is 7. The summed E-state index contributed by atoms with van der Waals surface area (Å²) in [6.45, 7) is 3.27. The van der Waals surface area contributed by atoms with Crippen molar-refractivity contribution in [1.29, 1.82) is 0 Å². The number of carbonyl (C=O) groups excluding carboxylic acids is 1. The summed E-state index contributed by atoms with van der Waals surface area (Å²) in [6, 6.07) is 14.7. The summed E-state index contributed by atoms with van der Waals surface area (Å²) in [6.07, 6.45) is 3.54. The van der Waals surface area contributed by atoms with Crippen LogP contribution >= 0.6 is 0 Å². The summed E-state index contributed by atoms with van der Waals surface area (Å²) in [5.41, 5.74) is 4.74. The van der Waals surface area contributed by atoms with E-state index in [0.29, 0.717) is 6.61 Å². The predicted molar refractivity (Wildman–Crippen MR) is 110 cm³/mol. The van der Waals surface area contributed by atoms with E-state index < -0.39 is 0 Å². The summed E-state index contributed by atoms with van der Waals surface area (Å²) in [5.74, 6) is 1.50. The van der Waals surface area contributed by atoms with Crippen LogP contribution in [0.1, 0.15) is 36.2 Å². The molecular weight excluding hydrogens is 352 g/mol. The second-order valence-corrected chi connectivity index (χ2v) is 7.16. The zero-order valence-corrected chi connectivity index (χ0v) is 16.4. The van der Waals surface area contributed by atoms with Crippen molar-refractivity contribution < 1.29 is 14.3 Å². The fourth-order valence-corrected chi connectivity index (χ4v) is 4.16. The van der Waals surface area contributed by atoms with E-state index in [1.54, 1.807) is 7.11 Å². The molecule has 0 radical (unpaired) electrons. The highest BCUT2D eigenvalue weighted by Crippen LogP contribution is 2.39. The lowest BCUT2D eigenvalue weighted by atomic mass is 9.89. The number of aromatic amines is 1. The second kappa shape index (κ2) is 7.97. The topological polar surface area (TPSA) is 54.6 Å². The van der Waals surface area contributed by atoms with Gasteiger partial charge in [0.15, 0.2) is 11.5 Å². The summed E-state index contributed by atoms with van der Waals surface area (Å²) in [7, 11) is 1.66. The third-order valence-electron chi connectivity index (χ3n) is 5.53. The Balaban J connectivity index is 1.63. The quantitative estimate of drug-likeness (QED) is 0.625. The molecule has 1 aliphatic heterocycles. The van der Waals surface area contributed by atoms with E-state index in [9.17, 15) is 4.79 Å². The second-order valence-electron chi connectivity index (χ2n) is 7.16. The van der Waals surface area contributed by atoms with E-state index in [2.05, 4.69) is 35.3 Å². The van der Waals surface area contributed by atoms with Crippen LogP contribution in [-0.2, 0) is 17.6 Å². The van der Waals surface area contributed by atoms with Gasteiger partial charge in [-0.05, 0) is 67.0 Å². The van der Waals surface area contributed by atoms with Crippen molar-refractivity contribution in [3.05, 3.63) is 59.3 Å². The zero-order valence-electron chi connectivity index (χ0n) is 16.4. The van der Waals surface area contributed by atoms with Crippen LogP contribution in [0.2, 0.25) is 0 Å². The molecule has 1 atom stereocenters. The number of benzene rings is 2. The highest BCUT2D eigenvalue weighted by Gasteiger charge is 2.28. The molecule has 3 aromatic rings. The van der Waals surface area contributed by atoms with Gasteiger partial charge in [0, 0.05) is 17.8 Å². The summed E-state index contributed by atoms with van der Waals surface area (Å²) >= 11 is 0. The van der Waals surface area contributed by atoms with Gasteiger partial charge in [0.2, 0.25) is 6.41 Å². The van der Waals surface area contributed by atoms with Crippen molar-refractivity contribution >= 4 is 17.3 Å². The summed E-state index contributed by atoms with van der Waals surface area (Å²) in [4.78, 5) is 17.1. The summed E-state index contributed by atoms with van der Waals surface area (Å²) in [5, 5.41) is 1.22. The highest BCUT2D eigenvalue weighted by atomic mass is 16.5. The van der Waals surface area contributed by atoms with Gasteiger partial charge in [-0.1, -0.05) is 18.2 Å². The molecule has 1 aromatic heterocycles. The molecule has 0 fully saturated rings. The lowest BCUT2D eigenvalue weighted by molar-refractivity contribution is -0.120. The van der Waals surface area contributed by atoms with Crippen LogP contribution in [0.25, 0.3) is 10.9 Å². The molecular formula is C23H26N2O3. The molecule has 5 nitrogen and oxygen atoms in total. The lowest BCUT2D eigenvalue weighted by Gasteiger charge is -2.35. The molecule has 0 unspecified atom stereocenters. The molecule has 146 valence electrons. The fourth-order valence-electron chi connectivity index (χ4n) is 4.16. The number of H-pyrrole nitrogens is 1. The van der Waals surface area contributed by atoms with E-state index >= 15 is 0 Å². The first-order valence-electron chi connectivity index (χ1n) is 9.84. The first-order valence-corrected chi connectivity index (χ1v) is 9.84. The maximum atomic E-state index is 11.7. The Bertz CT molecular complexity index is 946. The Morgan fingerprint density at radius 2 is 2.07 bits per heavy atom. The van der Waals surface area contributed by atoms with Gasteiger partial charge in [-0.25, -0.2) is 0 Å². The van der Waals surface area contributed by atoms with Crippen molar-refractivity contribution in [2.24, 2.45) is 0 Å². The molecule has 2 aromatic carbocycles. The number of hydrogen-bond acceptors (Lipinski definition) is 3. The SMILES string of the molecule is CCOc1cc2c(cc1OC)CCN(C=O)[C@@H]2CCc1cc2ccccc2[nH]1. The number of para-hydroxylation sites is 1. The van der Waals surface area contributed by atoms with Gasteiger partial charge < -0.3 is 19.4 Å². The Morgan fingerprint density at radius 3 is 2.82 bits per heavy atom. The van der Waals surface area contributed by atoms with Gasteiger partial charge in [0.05, 0.1) is 19.8 Å². The minimum atomic E-state index is 0.0396. The smallest absolute Gasteiger partial charge is 0.210 e. The van der Waals surface area contributed by atoms with E-state index in [0.717, 1.165) is 49.2 Å². The van der Waals surface area contributed by atoms with E-state index in [4.69, 9.17) is 9.47 Å². The number of aromatic nitrogens is 1. The van der Waals surface area contributed by atoms with Crippen molar-refractivity contribution in [2.45, 2.75) is 32.2 Å². The molecule has 1 amide bonds. The number of amides is 1. The number of nitrogens with zero attached hydrogens (tertiary/aromatic N) is 1. The van der Waals surface area contributed by atoms with Crippen LogP contribution in [0, 0.1) is 0 Å². The van der Waals surface area contributed by atoms with Crippen molar-refractivity contribution in [2.75, 3.05) is 20.3 Å². The van der Waals surface area contributed by atoms with Crippen LogP contribution in [-0.4, -0.2) is 36.6 Å². The fraction of sp³-hybridized carbons (Fsp3) is 0.348. The standard InChI is InChI=1S/C23H26N2O3/c1-3-28-23-14-19-16(13-22(23)27-2)10-11-25(15-26)21(19)9-8-18-12-17-6-4-5-7-20(17)24-18/h4-7,12-15,21,24H,3,8-11H2,1-2H3/t21-/m1/s1. The Labute approximate surface area is 165 Å². The van der Waals surface area contributed by atoms with Crippen LogP contribution in [0.5, 0.6) is 11.5 Å². The highest BCUT2D eigenvalue weighted by molar-refractivity contribution is 5.80. The molecule has 2 heterocycles. The average Bonchev–Trinajstić information content (AvgIpc) is 3.14. The van der Waals surface area contributed by atoms with Gasteiger partial charge in [0.1, 0.15) is 0 Å². The molecule has 28 heavy (non-hydrogen) atoms. The third-order valence-corrected chi connectivity index (χ3v) is 5.53. The maximum Gasteiger partial charge on any atom is 0.210 e. The van der Waals surface area contributed by atoms with Crippen molar-refractivity contribution in [3.63, 3.8) is 0 Å². The van der Waals surface area contributed by atoms with Crippen LogP contribution in [0.15, 0.2) is 42.5 Å². The number of hydrogen-bond donors (Lipinski definition) is 1. The van der Waals surface area contributed by atoms with Crippen molar-refractivity contribution in [1.82, 2.24) is 9.88 Å². The molecule has 1 aliphatic rings. The minimum Gasteiger partial charge on any atom is -0.493 e. The molecule has 0 saturated heterocycles. The van der Waals surface area contributed by atoms with Crippen LogP contribution < -0.4 is 9.47 Å². The van der Waals surface area contributed by atoms with Crippen LogP contribution in [0.4, 0.5) is 0 Å². The Hall–Kier alpha value is -2.95. The molecule has 1 N–H and O–H groups in total. The third kappa shape index (κ3) is 3.44. The molecule has 0 bridgehead atoms. The Morgan fingerprint density at radius 1 is 1.21 bits per heavy atom. The number of nitrogens with one attached hydrogen (secondary N) is 1. The van der Waals surface area contributed by atoms with Gasteiger partial charge in [-0.15, -0.1) is 0 Å². The van der Waals surface area contributed by atoms with Crippen molar-refractivity contribution in [3.8, 4) is 11.5 Å². The monoisotopic (exact) mass is 378 g/mol. The minimum absolute atomic E-state index is 0.0396. The zero-order chi connectivity index (χ0) is 19.5. The number of ether oxygens (including phenoxy) is 2. The summed E-state index contributed by atoms with van der Waals surface area (Å²) < 4.78 is 11.3. The van der Waals surface area contributed by atoms with E-state index in [1.165, 1.54) is 22.2 Å². The molecule has 0 saturated carbocycles. The Kier molecular flexibility index (Phi) is 5.24. The number of fused-ring (bicyclic) bond motifs is 2. The van der Waals surface area contributed by atoms with Gasteiger partial charge in [-0.2, -0.15) is 0 Å². The van der Waals surface area contributed by atoms with Gasteiger partial charge in [0.25, 0.3) is 0 Å². The molecule has 0 aliphatic carbocycles. The van der Waals surface area contributed by atoms with Gasteiger partial charge >= 0.3 is 0 Å². The van der Waals surface area contributed by atoms with E-state index in [-0.39, 0.29) is 6.04 Å². The lowest BCUT2D eigenvalue weighted by Crippen LogP contribution is -2.34. The van der Waals surface area contributed by atoms with E-state index in [1.807, 2.05) is 24.0 Å². The number of methoxy groups -OCH3 is 1. The first kappa shape index (κ1) is 18.4. The first-order chi connectivity index (χ1) is 13.7. The number of aryl methyl sites for hydroxylation is 1. The maximum absolute atomic E-state index is 11.7. The van der Waals surface area contributed by atoms with Gasteiger partial charge in [-0.3, -0.25) is 4.79 Å². The molecule has 4 rings (SSSR count). The number of carbonyl (C=O) groups is 1.